The predicted octanol–water partition coefficient (Wildman–Crippen LogP) is 3.93. The van der Waals surface area contributed by atoms with Gasteiger partial charge >= 0.3 is 0 Å². The number of amides is 2. The molecule has 2 aromatic rings. The first-order chi connectivity index (χ1) is 16.8. The van der Waals surface area contributed by atoms with Gasteiger partial charge in [0.1, 0.15) is 5.75 Å². The van der Waals surface area contributed by atoms with E-state index in [9.17, 15) is 9.59 Å². The summed E-state index contributed by atoms with van der Waals surface area (Å²) >= 11 is 0. The highest BCUT2D eigenvalue weighted by Crippen LogP contribution is 2.23. The van der Waals surface area contributed by atoms with Crippen LogP contribution in [0.25, 0.3) is 0 Å². The van der Waals surface area contributed by atoms with Gasteiger partial charge in [-0.05, 0) is 89.2 Å². The molecule has 1 fully saturated rings. The third kappa shape index (κ3) is 7.30. The Morgan fingerprint density at radius 2 is 1.63 bits per heavy atom. The summed E-state index contributed by atoms with van der Waals surface area (Å²) in [5.41, 5.74) is 2.13. The van der Waals surface area contributed by atoms with Gasteiger partial charge in [-0.15, -0.1) is 0 Å². The molecule has 0 aromatic heterocycles. The molecule has 1 saturated heterocycles. The summed E-state index contributed by atoms with van der Waals surface area (Å²) in [7, 11) is 3.95. The molecule has 2 aromatic carbocycles. The molecule has 0 saturated carbocycles. The first-order valence-electron chi connectivity index (χ1n) is 12.3. The van der Waals surface area contributed by atoms with Crippen LogP contribution in [0.2, 0.25) is 0 Å². The van der Waals surface area contributed by atoms with E-state index in [1.165, 1.54) is 0 Å². The number of nitriles is 1. The summed E-state index contributed by atoms with van der Waals surface area (Å²) in [5, 5.41) is 9.02. The molecule has 1 heterocycles. The van der Waals surface area contributed by atoms with Gasteiger partial charge in [0.25, 0.3) is 11.8 Å². The van der Waals surface area contributed by atoms with Crippen molar-refractivity contribution in [3.63, 3.8) is 0 Å². The van der Waals surface area contributed by atoms with Crippen LogP contribution in [0.5, 0.6) is 5.75 Å². The maximum atomic E-state index is 13.3. The number of rotatable bonds is 9. The maximum Gasteiger partial charge on any atom is 0.260 e. The second-order valence-electron chi connectivity index (χ2n) is 9.58. The lowest BCUT2D eigenvalue weighted by molar-refractivity contribution is -0.139. The van der Waals surface area contributed by atoms with E-state index in [0.717, 1.165) is 31.4 Å². The Hall–Kier alpha value is -3.37. The fraction of sp³-hybridized carbons (Fsp3) is 0.464. The second-order valence-corrected chi connectivity index (χ2v) is 9.58. The lowest BCUT2D eigenvalue weighted by atomic mass is 9.97. The SMILES string of the molecule is CC1CCCC(C)N1C(=O)COc1ccc(C(=O)N(CCN(C)C)Cc2ccc(C#N)cc2)cc1. The Morgan fingerprint density at radius 3 is 2.20 bits per heavy atom. The zero-order valence-corrected chi connectivity index (χ0v) is 21.2. The molecule has 2 amide bonds. The molecular formula is C28H36N4O3. The summed E-state index contributed by atoms with van der Waals surface area (Å²) in [6.45, 7) is 5.94. The number of hydrogen-bond acceptors (Lipinski definition) is 5. The number of likely N-dealkylation sites (tertiary alicyclic amines) is 1. The summed E-state index contributed by atoms with van der Waals surface area (Å²) < 4.78 is 5.76. The second kappa shape index (κ2) is 12.4. The van der Waals surface area contributed by atoms with Crippen molar-refractivity contribution in [2.24, 2.45) is 0 Å². The number of likely N-dealkylation sites (N-methyl/N-ethyl adjacent to an activating group) is 1. The minimum atomic E-state index is -0.0743. The molecule has 2 unspecified atom stereocenters. The molecule has 186 valence electrons. The number of carbonyl (C=O) groups is 2. The van der Waals surface area contributed by atoms with Crippen LogP contribution in [0, 0.1) is 11.3 Å². The standard InChI is InChI=1S/C28H36N4O3/c1-21-6-5-7-22(2)32(21)27(33)20-35-26-14-12-25(13-15-26)28(34)31(17-16-30(3)4)19-24-10-8-23(18-29)9-11-24/h8-15,21-22H,5-7,16-17,19-20H2,1-4H3. The molecule has 0 bridgehead atoms. The summed E-state index contributed by atoms with van der Waals surface area (Å²) in [6.07, 6.45) is 3.21. The summed E-state index contributed by atoms with van der Waals surface area (Å²) in [4.78, 5) is 31.8. The molecule has 7 nitrogen and oxygen atoms in total. The summed E-state index contributed by atoms with van der Waals surface area (Å²) in [5.74, 6) is 0.496. The zero-order valence-electron chi connectivity index (χ0n) is 21.2. The fourth-order valence-corrected chi connectivity index (χ4v) is 4.49. The minimum absolute atomic E-state index is 0.00197. The number of nitrogens with zero attached hydrogens (tertiary/aromatic N) is 4. The van der Waals surface area contributed by atoms with E-state index in [-0.39, 0.29) is 30.5 Å². The molecule has 0 radical (unpaired) electrons. The van der Waals surface area contributed by atoms with Gasteiger partial charge in [-0.25, -0.2) is 0 Å². The molecule has 0 spiro atoms. The van der Waals surface area contributed by atoms with Gasteiger partial charge in [-0.1, -0.05) is 12.1 Å². The molecule has 0 aliphatic carbocycles. The number of piperidine rings is 1. The smallest absolute Gasteiger partial charge is 0.260 e. The Balaban J connectivity index is 1.63. The van der Waals surface area contributed by atoms with E-state index < -0.39 is 0 Å². The van der Waals surface area contributed by atoms with Gasteiger partial charge < -0.3 is 19.4 Å². The Bertz CT molecular complexity index is 1020. The Kier molecular flexibility index (Phi) is 9.27. The van der Waals surface area contributed by atoms with Crippen LogP contribution in [0.3, 0.4) is 0 Å². The van der Waals surface area contributed by atoms with Gasteiger partial charge in [-0.3, -0.25) is 9.59 Å². The van der Waals surface area contributed by atoms with Crippen molar-refractivity contribution in [3.8, 4) is 11.8 Å². The monoisotopic (exact) mass is 476 g/mol. The van der Waals surface area contributed by atoms with E-state index in [1.807, 2.05) is 36.0 Å². The van der Waals surface area contributed by atoms with Crippen LogP contribution in [0.15, 0.2) is 48.5 Å². The van der Waals surface area contributed by atoms with Crippen LogP contribution in [-0.2, 0) is 11.3 Å². The normalized spacial score (nSPS) is 17.7. The highest BCUT2D eigenvalue weighted by atomic mass is 16.5. The van der Waals surface area contributed by atoms with Gasteiger partial charge in [0.05, 0.1) is 11.6 Å². The van der Waals surface area contributed by atoms with E-state index in [2.05, 4.69) is 19.9 Å². The molecular weight excluding hydrogens is 440 g/mol. The minimum Gasteiger partial charge on any atom is -0.484 e. The molecule has 35 heavy (non-hydrogen) atoms. The average Bonchev–Trinajstić information content (AvgIpc) is 2.85. The van der Waals surface area contributed by atoms with Gasteiger partial charge in [0, 0.05) is 37.3 Å². The van der Waals surface area contributed by atoms with E-state index in [1.54, 1.807) is 41.3 Å². The Labute approximate surface area is 208 Å². The zero-order chi connectivity index (χ0) is 25.4. The van der Waals surface area contributed by atoms with Crippen molar-refractivity contribution in [3.05, 3.63) is 65.2 Å². The van der Waals surface area contributed by atoms with Crippen LogP contribution in [-0.4, -0.2) is 72.4 Å². The first kappa shape index (κ1) is 26.2. The van der Waals surface area contributed by atoms with Gasteiger partial charge in [0.15, 0.2) is 6.61 Å². The van der Waals surface area contributed by atoms with Crippen LogP contribution < -0.4 is 4.74 Å². The van der Waals surface area contributed by atoms with Crippen molar-refractivity contribution >= 4 is 11.8 Å². The number of ether oxygens (including phenoxy) is 1. The quantitative estimate of drug-likeness (QED) is 0.548. The van der Waals surface area contributed by atoms with Crippen LogP contribution >= 0.6 is 0 Å². The summed E-state index contributed by atoms with van der Waals surface area (Å²) in [6, 6.07) is 16.9. The van der Waals surface area contributed by atoms with Crippen molar-refractivity contribution in [1.29, 1.82) is 5.26 Å². The highest BCUT2D eigenvalue weighted by Gasteiger charge is 2.29. The molecule has 7 heteroatoms. The molecule has 0 N–H and O–H groups in total. The third-order valence-electron chi connectivity index (χ3n) is 6.51. The van der Waals surface area contributed by atoms with E-state index in [0.29, 0.717) is 30.0 Å². The Morgan fingerprint density at radius 1 is 1.00 bits per heavy atom. The molecule has 1 aliphatic heterocycles. The average molecular weight is 477 g/mol. The van der Waals surface area contributed by atoms with Gasteiger partial charge in [-0.2, -0.15) is 5.26 Å². The maximum absolute atomic E-state index is 13.3. The fourth-order valence-electron chi connectivity index (χ4n) is 4.49. The number of carbonyl (C=O) groups excluding carboxylic acids is 2. The largest absolute Gasteiger partial charge is 0.484 e. The number of benzene rings is 2. The molecule has 3 rings (SSSR count). The predicted molar refractivity (Wildman–Crippen MR) is 136 cm³/mol. The van der Waals surface area contributed by atoms with E-state index in [4.69, 9.17) is 10.00 Å². The van der Waals surface area contributed by atoms with Crippen molar-refractivity contribution in [1.82, 2.24) is 14.7 Å². The molecule has 2 atom stereocenters. The first-order valence-corrected chi connectivity index (χ1v) is 12.3. The van der Waals surface area contributed by atoms with Gasteiger partial charge in [0.2, 0.25) is 0 Å². The van der Waals surface area contributed by atoms with E-state index >= 15 is 0 Å². The highest BCUT2D eigenvalue weighted by molar-refractivity contribution is 5.94. The lowest BCUT2D eigenvalue weighted by Gasteiger charge is -2.38. The molecule has 1 aliphatic rings. The van der Waals surface area contributed by atoms with Crippen molar-refractivity contribution in [2.45, 2.75) is 51.7 Å². The number of hydrogen-bond donors (Lipinski definition) is 0. The van der Waals surface area contributed by atoms with Crippen LogP contribution in [0.4, 0.5) is 0 Å². The third-order valence-corrected chi connectivity index (χ3v) is 6.51. The lowest BCUT2D eigenvalue weighted by Crippen LogP contribution is -2.49. The van der Waals surface area contributed by atoms with Crippen molar-refractivity contribution < 1.29 is 14.3 Å². The van der Waals surface area contributed by atoms with Crippen molar-refractivity contribution in [2.75, 3.05) is 33.8 Å². The topological polar surface area (TPSA) is 76.9 Å². The van der Waals surface area contributed by atoms with Crippen LogP contribution in [0.1, 0.15) is 54.6 Å².